The lowest BCUT2D eigenvalue weighted by Gasteiger charge is -2.51. The van der Waals surface area contributed by atoms with E-state index in [9.17, 15) is 0 Å². The molecule has 0 N–H and O–H groups in total. The summed E-state index contributed by atoms with van der Waals surface area (Å²) >= 11 is 5.05. The van der Waals surface area contributed by atoms with E-state index in [1.54, 1.807) is 72.8 Å². The zero-order valence-electron chi connectivity index (χ0n) is 54.4. The van der Waals surface area contributed by atoms with Crippen molar-refractivity contribution in [2.45, 2.75) is 166 Å². The second-order valence-electron chi connectivity index (χ2n) is 27.0. The Morgan fingerprint density at radius 2 is 0.788 bits per heavy atom. The molecule has 2 atom stereocenters. The van der Waals surface area contributed by atoms with Gasteiger partial charge in [-0.15, -0.1) is 46.2 Å². The predicted octanol–water partition coefficient (Wildman–Crippen LogP) is 26.3. The summed E-state index contributed by atoms with van der Waals surface area (Å²) in [4.78, 5) is 1.85. The van der Waals surface area contributed by atoms with E-state index in [0.29, 0.717) is 135 Å². The number of aryl methyl sites for hydroxylation is 2. The number of fused-ring (bicyclic) bond motifs is 17. The zero-order valence-corrected chi connectivity index (χ0v) is 57.7. The highest BCUT2D eigenvalue weighted by molar-refractivity contribution is 8.06. The van der Waals surface area contributed by atoms with E-state index in [1.165, 1.54) is 34.9 Å². The van der Waals surface area contributed by atoms with Crippen LogP contribution in [0.2, 0.25) is 0 Å². The van der Waals surface area contributed by atoms with E-state index in [1.807, 2.05) is 100 Å². The fourth-order valence-electron chi connectivity index (χ4n) is 16.5. The number of hydrogen-bond acceptors (Lipinski definition) is 6. The summed E-state index contributed by atoms with van der Waals surface area (Å²) in [6.07, 6.45) is 6.32. The highest BCUT2D eigenvalue weighted by Gasteiger charge is 2.86. The summed E-state index contributed by atoms with van der Waals surface area (Å²) in [7, 11) is 0. The van der Waals surface area contributed by atoms with Gasteiger partial charge in [-0.25, -0.2) is 0 Å². The molecule has 0 bridgehead atoms. The van der Waals surface area contributed by atoms with Crippen molar-refractivity contribution in [1.29, 1.82) is 0 Å². The summed E-state index contributed by atoms with van der Waals surface area (Å²) in [6.45, 7) is 8.47. The van der Waals surface area contributed by atoms with Gasteiger partial charge in [0.05, 0.1) is 22.7 Å². The smallest absolute Gasteiger partial charge is 0.380 e. The molecule has 18 heteroatoms. The molecule has 3 aliphatic heterocycles. The minimum atomic E-state index is -5.73. The first kappa shape index (κ1) is 66.4. The number of allylic oxidation sites excluding steroid dienone is 4. The van der Waals surface area contributed by atoms with Crippen LogP contribution in [0.1, 0.15) is 130 Å². The quantitative estimate of drug-likeness (QED) is 0.0897. The molecule has 1 fully saturated rings. The van der Waals surface area contributed by atoms with Gasteiger partial charge in [0.15, 0.2) is 0 Å². The number of alkyl halides is 12. The topological polar surface area (TPSA) is 18.5 Å². The summed E-state index contributed by atoms with van der Waals surface area (Å²) < 4.78 is 212. The van der Waals surface area contributed by atoms with Gasteiger partial charge >= 0.3 is 35.5 Å². The highest BCUT2D eigenvalue weighted by atomic mass is 32.2. The van der Waals surface area contributed by atoms with Gasteiger partial charge in [0.25, 0.3) is 0 Å². The van der Waals surface area contributed by atoms with Crippen LogP contribution in [0.5, 0.6) is 11.5 Å². The van der Waals surface area contributed by atoms with Crippen molar-refractivity contribution in [2.75, 3.05) is 13.2 Å². The molecule has 0 spiro atoms. The summed E-state index contributed by atoms with van der Waals surface area (Å²) in [6, 6.07) is 43.4. The van der Waals surface area contributed by atoms with Crippen molar-refractivity contribution in [1.82, 2.24) is 0 Å². The van der Waals surface area contributed by atoms with E-state index in [2.05, 4.69) is 0 Å². The highest BCUT2D eigenvalue weighted by Crippen LogP contribution is 2.80. The van der Waals surface area contributed by atoms with E-state index in [4.69, 9.17) is 9.47 Å². The Bertz CT molecular complexity index is 5130. The third kappa shape index (κ3) is 9.30. The Balaban J connectivity index is 0.806. The molecule has 6 aliphatic rings. The fraction of sp³-hybridized carbons (Fsp3) is 0.333. The molecule has 3 aliphatic carbocycles. The normalized spacial score (nSPS) is 21.8. The molecular formula is C81H66F12O2S4. The van der Waals surface area contributed by atoms with E-state index >= 15 is 52.7 Å². The standard InChI is InChI=1S/C81H66F12O2S4/c1-5-9-20-60-66(52-18-13-15-22-58(52)96-60)70-71(77(84,85)80(90,91)76(70,82)83)67-53-32-26-46(42-62(53)97-61(67)21-10-6-2)44-24-30-50-48(40-44)28-34-56-64(50)65-51-31-25-45(41-49(51)29-35-57(65)95-39-17-38-94-56)47-27-33-55-63(43-47)99-75(37-12-8-4)69(55)73-72(78(86,87)81(92,93)79(73,88)89)68-54-19-14-16-23-59(54)98-74(68,75)36-11-7-3/h13-16,18-19,22-35,40-43H,5-12,17,20-21,36-39H2,1-4H3. The lowest BCUT2D eigenvalue weighted by molar-refractivity contribution is -0.257. The first-order chi connectivity index (χ1) is 47.4. The first-order valence-electron chi connectivity index (χ1n) is 34.1. The third-order valence-corrected chi connectivity index (χ3v) is 27.1. The molecule has 0 amide bonds. The summed E-state index contributed by atoms with van der Waals surface area (Å²) in [5, 5.41) is 3.65. The second kappa shape index (κ2) is 23.7. The van der Waals surface area contributed by atoms with Crippen LogP contribution in [-0.4, -0.2) is 58.2 Å². The fourth-order valence-corrected chi connectivity index (χ4v) is 22.7. The minimum Gasteiger partial charge on any atom is -0.493 e. The molecule has 2 unspecified atom stereocenters. The predicted molar refractivity (Wildman–Crippen MR) is 381 cm³/mol. The van der Waals surface area contributed by atoms with Gasteiger partial charge in [-0.05, 0) is 153 Å². The number of rotatable bonds is 16. The number of benzene rings is 8. The van der Waals surface area contributed by atoms with Crippen LogP contribution in [0, 0.1) is 0 Å². The third-order valence-electron chi connectivity index (χ3n) is 21.2. The Morgan fingerprint density at radius 1 is 0.364 bits per heavy atom. The molecule has 510 valence electrons. The van der Waals surface area contributed by atoms with Crippen LogP contribution in [0.3, 0.4) is 0 Å². The van der Waals surface area contributed by atoms with Crippen molar-refractivity contribution in [3.63, 3.8) is 0 Å². The van der Waals surface area contributed by atoms with Crippen LogP contribution in [0.4, 0.5) is 52.7 Å². The summed E-state index contributed by atoms with van der Waals surface area (Å²) in [5.74, 6) is -31.1. The maximum atomic E-state index is 17.0. The van der Waals surface area contributed by atoms with Crippen molar-refractivity contribution in [3.05, 3.63) is 189 Å². The zero-order chi connectivity index (χ0) is 69.1. The van der Waals surface area contributed by atoms with Gasteiger partial charge in [-0.3, -0.25) is 0 Å². The SMILES string of the molecule is CCCCc1sc2ccccc2c1C1=C(c2c(CCCC)sc3cc(-c4ccc5c6c(ccc5c4)OCCCOc4ccc5cc(-c7ccc8c(c7)SC7(CCCC)C8=C8C(=C9c%10ccccc%10SC97CCCC)C(F)(F)C(F)(F)C8(F)F)ccc5c4-6)ccc23)C(F)(F)C(F)(F)C1(F)F. The molecule has 0 saturated heterocycles. The van der Waals surface area contributed by atoms with Gasteiger partial charge in [0, 0.05) is 90.7 Å². The Kier molecular flexibility index (Phi) is 15.9. The van der Waals surface area contributed by atoms with Gasteiger partial charge in [-0.1, -0.05) is 163 Å². The maximum Gasteiger partial charge on any atom is 0.380 e. The lowest BCUT2D eigenvalue weighted by atomic mass is 9.64. The average molecular weight is 1430 g/mol. The van der Waals surface area contributed by atoms with Crippen LogP contribution >= 0.6 is 46.2 Å². The molecule has 2 aromatic heterocycles. The molecule has 0 radical (unpaired) electrons. The van der Waals surface area contributed by atoms with Crippen molar-refractivity contribution in [3.8, 4) is 44.9 Å². The number of thiophene rings is 2. The van der Waals surface area contributed by atoms with Gasteiger partial charge < -0.3 is 9.47 Å². The molecule has 16 rings (SSSR count). The van der Waals surface area contributed by atoms with E-state index < -0.39 is 67.3 Å². The van der Waals surface area contributed by atoms with Crippen LogP contribution in [0.25, 0.3) is 97.4 Å². The van der Waals surface area contributed by atoms with Crippen molar-refractivity contribution >= 4 is 110 Å². The van der Waals surface area contributed by atoms with Crippen molar-refractivity contribution in [2.24, 2.45) is 0 Å². The van der Waals surface area contributed by atoms with Crippen LogP contribution in [0.15, 0.2) is 167 Å². The van der Waals surface area contributed by atoms with Gasteiger partial charge in [0.1, 0.15) is 11.5 Å². The lowest BCUT2D eigenvalue weighted by Crippen LogP contribution is -2.51. The Morgan fingerprint density at radius 3 is 1.32 bits per heavy atom. The maximum absolute atomic E-state index is 17.0. The van der Waals surface area contributed by atoms with Crippen LogP contribution in [-0.2, 0) is 12.8 Å². The molecular weight excluding hydrogens is 1360 g/mol. The molecule has 1 saturated carbocycles. The van der Waals surface area contributed by atoms with Gasteiger partial charge in [0.2, 0.25) is 0 Å². The summed E-state index contributed by atoms with van der Waals surface area (Å²) in [5.41, 5.74) is -0.882. The Labute approximate surface area is 581 Å². The number of hydrogen-bond donors (Lipinski definition) is 0. The number of thioether (sulfide) groups is 2. The number of halogens is 12. The van der Waals surface area contributed by atoms with E-state index in [0.717, 1.165) is 55.1 Å². The van der Waals surface area contributed by atoms with Crippen LogP contribution < -0.4 is 9.47 Å². The molecule has 99 heavy (non-hydrogen) atoms. The molecule has 5 heterocycles. The molecule has 2 nitrogen and oxygen atoms in total. The Hall–Kier alpha value is -7.12. The van der Waals surface area contributed by atoms with Crippen molar-refractivity contribution < 1.29 is 62.2 Å². The first-order valence-corrected chi connectivity index (χ1v) is 37.3. The van der Waals surface area contributed by atoms with E-state index in [-0.39, 0.29) is 57.9 Å². The monoisotopic (exact) mass is 1430 g/mol. The number of unbranched alkanes of at least 4 members (excludes halogenated alkanes) is 4. The largest absolute Gasteiger partial charge is 0.493 e. The molecule has 10 aromatic rings. The minimum absolute atomic E-state index is 0.0935. The number of ether oxygens (including phenoxy) is 2. The second-order valence-corrected chi connectivity index (χ2v) is 31.9. The van der Waals surface area contributed by atoms with Gasteiger partial charge in [-0.2, -0.15) is 52.7 Å². The molecule has 8 aromatic carbocycles. The average Bonchev–Trinajstić information content (AvgIpc) is 1.47.